The maximum atomic E-state index is 12.2. The summed E-state index contributed by atoms with van der Waals surface area (Å²) < 4.78 is 32.8. The van der Waals surface area contributed by atoms with Crippen molar-refractivity contribution >= 4 is 16.3 Å². The number of nitrogens with one attached hydrogen (secondary N) is 1. The third kappa shape index (κ3) is 18.9. The van der Waals surface area contributed by atoms with E-state index < -0.39 is 16.5 Å². The van der Waals surface area contributed by atoms with Gasteiger partial charge in [-0.3, -0.25) is 4.79 Å². The van der Waals surface area contributed by atoms with E-state index in [1.54, 1.807) is 13.8 Å². The molecule has 0 spiro atoms. The molecule has 0 saturated heterocycles. The van der Waals surface area contributed by atoms with E-state index in [1.165, 1.54) is 83.5 Å². The summed E-state index contributed by atoms with van der Waals surface area (Å²) in [6.07, 6.45) is 19.8. The zero-order valence-electron chi connectivity index (χ0n) is 21.3. The van der Waals surface area contributed by atoms with Gasteiger partial charge in [-0.1, -0.05) is 104 Å². The molecular weight excluding hydrogens is 426 g/mol. The Morgan fingerprint density at radius 1 is 0.750 bits per heavy atom. The molecule has 0 aromatic carbocycles. The maximum absolute atomic E-state index is 12.2. The fourth-order valence-electron chi connectivity index (χ4n) is 3.91. The number of hydrogen-bond acceptors (Lipinski definition) is 5. The maximum Gasteiger partial charge on any atom is 0.400 e. The Balaban J connectivity index is 3.66. The molecule has 2 atom stereocenters. The van der Waals surface area contributed by atoms with Crippen molar-refractivity contribution in [3.8, 4) is 0 Å². The lowest BCUT2D eigenvalue weighted by Crippen LogP contribution is -2.43. The zero-order valence-corrected chi connectivity index (χ0v) is 22.1. The van der Waals surface area contributed by atoms with Crippen LogP contribution in [0.25, 0.3) is 0 Å². The number of amides is 1. The first-order valence-corrected chi connectivity index (χ1v) is 14.6. The third-order valence-electron chi connectivity index (χ3n) is 5.89. The number of carbonyl (C=O) groups excluding carboxylic acids is 1. The standard InChI is InChI=1S/C25H51NO5S/c1-5-8-9-10-11-12-13-14-15-16-17-18-19-20-21-22-25(27)26-24(6-2)23(4)31-32(28,29)30-7-3/h23-24H,5-22H2,1-4H3,(H,26,27). The van der Waals surface area contributed by atoms with Crippen LogP contribution in [0.2, 0.25) is 0 Å². The number of hydrogen-bond donors (Lipinski definition) is 1. The van der Waals surface area contributed by atoms with Crippen molar-refractivity contribution in [3.63, 3.8) is 0 Å². The van der Waals surface area contributed by atoms with Crippen molar-refractivity contribution in [1.29, 1.82) is 0 Å². The molecule has 0 fully saturated rings. The van der Waals surface area contributed by atoms with Gasteiger partial charge in [0.05, 0.1) is 18.8 Å². The molecule has 0 radical (unpaired) electrons. The van der Waals surface area contributed by atoms with E-state index in [1.807, 2.05) is 6.92 Å². The molecule has 0 heterocycles. The summed E-state index contributed by atoms with van der Waals surface area (Å²) in [5, 5.41) is 2.90. The number of rotatable bonds is 23. The van der Waals surface area contributed by atoms with Gasteiger partial charge in [-0.05, 0) is 26.7 Å². The van der Waals surface area contributed by atoms with E-state index in [4.69, 9.17) is 4.18 Å². The van der Waals surface area contributed by atoms with Crippen LogP contribution in [0.1, 0.15) is 137 Å². The Labute approximate surface area is 198 Å². The Bertz CT molecular complexity index is 538. The minimum atomic E-state index is -4.02. The Morgan fingerprint density at radius 2 is 1.19 bits per heavy atom. The molecule has 0 aromatic heterocycles. The lowest BCUT2D eigenvalue weighted by Gasteiger charge is -2.23. The first kappa shape index (κ1) is 31.3. The predicted octanol–water partition coefficient (Wildman–Crippen LogP) is 6.83. The van der Waals surface area contributed by atoms with Gasteiger partial charge in [0.1, 0.15) is 0 Å². The SMILES string of the molecule is CCCCCCCCCCCCCCCCCC(=O)NC(CC)C(C)OS(=O)(=O)OCC. The van der Waals surface area contributed by atoms with E-state index in [2.05, 4.69) is 16.4 Å². The van der Waals surface area contributed by atoms with Crippen LogP contribution in [0.4, 0.5) is 0 Å². The molecule has 1 N–H and O–H groups in total. The molecule has 0 aliphatic heterocycles. The van der Waals surface area contributed by atoms with E-state index >= 15 is 0 Å². The van der Waals surface area contributed by atoms with Crippen LogP contribution in [0, 0.1) is 0 Å². The van der Waals surface area contributed by atoms with Crippen molar-refractivity contribution in [3.05, 3.63) is 0 Å². The lowest BCUT2D eigenvalue weighted by molar-refractivity contribution is -0.122. The monoisotopic (exact) mass is 477 g/mol. The van der Waals surface area contributed by atoms with Gasteiger partial charge >= 0.3 is 10.4 Å². The second kappa shape index (κ2) is 20.9. The summed E-state index contributed by atoms with van der Waals surface area (Å²) >= 11 is 0. The fourth-order valence-corrected chi connectivity index (χ4v) is 4.76. The normalized spacial score (nSPS) is 13.8. The van der Waals surface area contributed by atoms with Gasteiger partial charge in [-0.15, -0.1) is 0 Å². The predicted molar refractivity (Wildman–Crippen MR) is 133 cm³/mol. The summed E-state index contributed by atoms with van der Waals surface area (Å²) in [4.78, 5) is 12.2. The first-order chi connectivity index (χ1) is 15.4. The van der Waals surface area contributed by atoms with Gasteiger partial charge in [-0.25, -0.2) is 8.37 Å². The lowest BCUT2D eigenvalue weighted by atomic mass is 10.0. The average molecular weight is 478 g/mol. The van der Waals surface area contributed by atoms with Gasteiger partial charge in [0.15, 0.2) is 0 Å². The topological polar surface area (TPSA) is 81.7 Å². The quantitative estimate of drug-likeness (QED) is 0.163. The highest BCUT2D eigenvalue weighted by Crippen LogP contribution is 2.14. The molecular formula is C25H51NO5S. The largest absolute Gasteiger partial charge is 0.400 e. The molecule has 0 aliphatic rings. The van der Waals surface area contributed by atoms with Crippen LogP contribution in [0.15, 0.2) is 0 Å². The van der Waals surface area contributed by atoms with Gasteiger partial charge < -0.3 is 5.32 Å². The molecule has 0 aliphatic carbocycles. The highest BCUT2D eigenvalue weighted by molar-refractivity contribution is 7.81. The molecule has 32 heavy (non-hydrogen) atoms. The van der Waals surface area contributed by atoms with Gasteiger partial charge in [0, 0.05) is 6.42 Å². The van der Waals surface area contributed by atoms with Crippen molar-refractivity contribution in [2.75, 3.05) is 6.61 Å². The van der Waals surface area contributed by atoms with Crippen LogP contribution < -0.4 is 5.32 Å². The van der Waals surface area contributed by atoms with E-state index in [9.17, 15) is 13.2 Å². The highest BCUT2D eigenvalue weighted by Gasteiger charge is 2.24. The van der Waals surface area contributed by atoms with Gasteiger partial charge in [0.2, 0.25) is 5.91 Å². The van der Waals surface area contributed by atoms with Crippen molar-refractivity contribution < 1.29 is 21.6 Å². The zero-order chi connectivity index (χ0) is 24.1. The molecule has 1 amide bonds. The van der Waals surface area contributed by atoms with E-state index in [0.29, 0.717) is 12.8 Å². The summed E-state index contributed by atoms with van der Waals surface area (Å²) in [7, 11) is -4.02. The van der Waals surface area contributed by atoms with Crippen LogP contribution in [0.5, 0.6) is 0 Å². The number of unbranched alkanes of at least 4 members (excludes halogenated alkanes) is 14. The third-order valence-corrected chi connectivity index (χ3v) is 6.96. The minimum Gasteiger partial charge on any atom is -0.351 e. The second-order valence-corrected chi connectivity index (χ2v) is 10.1. The van der Waals surface area contributed by atoms with Crippen molar-refractivity contribution in [2.45, 2.75) is 149 Å². The average Bonchev–Trinajstić information content (AvgIpc) is 2.74. The molecule has 0 rings (SSSR count). The van der Waals surface area contributed by atoms with Crippen LogP contribution in [-0.4, -0.2) is 33.1 Å². The molecule has 192 valence electrons. The van der Waals surface area contributed by atoms with E-state index in [-0.39, 0.29) is 18.6 Å². The van der Waals surface area contributed by atoms with Gasteiger partial charge in [0.25, 0.3) is 0 Å². The molecule has 6 nitrogen and oxygen atoms in total. The molecule has 0 saturated carbocycles. The number of carbonyl (C=O) groups is 1. The summed E-state index contributed by atoms with van der Waals surface area (Å²) in [5.41, 5.74) is 0. The Hall–Kier alpha value is -0.660. The molecule has 7 heteroatoms. The van der Waals surface area contributed by atoms with Crippen molar-refractivity contribution in [1.82, 2.24) is 5.32 Å². The van der Waals surface area contributed by atoms with Crippen LogP contribution in [-0.2, 0) is 23.6 Å². The van der Waals surface area contributed by atoms with Crippen LogP contribution in [0.3, 0.4) is 0 Å². The van der Waals surface area contributed by atoms with Crippen molar-refractivity contribution in [2.24, 2.45) is 0 Å². The Morgan fingerprint density at radius 3 is 1.59 bits per heavy atom. The molecule has 0 aromatic rings. The first-order valence-electron chi connectivity index (χ1n) is 13.2. The summed E-state index contributed by atoms with van der Waals surface area (Å²) in [6.45, 7) is 7.41. The van der Waals surface area contributed by atoms with Crippen LogP contribution >= 0.6 is 0 Å². The smallest absolute Gasteiger partial charge is 0.351 e. The minimum absolute atomic E-state index is 0.0252. The molecule has 0 bridgehead atoms. The fraction of sp³-hybridized carbons (Fsp3) is 0.960. The second-order valence-electron chi connectivity index (χ2n) is 8.90. The Kier molecular flexibility index (Phi) is 20.5. The summed E-state index contributed by atoms with van der Waals surface area (Å²) in [6, 6.07) is -0.353. The highest BCUT2D eigenvalue weighted by atomic mass is 32.3. The van der Waals surface area contributed by atoms with E-state index in [0.717, 1.165) is 12.8 Å². The summed E-state index contributed by atoms with van der Waals surface area (Å²) in [5.74, 6) is -0.0456. The molecule has 2 unspecified atom stereocenters. The van der Waals surface area contributed by atoms with Gasteiger partial charge in [-0.2, -0.15) is 8.42 Å².